The zero-order valence-corrected chi connectivity index (χ0v) is 11.9. The van der Waals surface area contributed by atoms with Gasteiger partial charge in [0.1, 0.15) is 5.69 Å². The third kappa shape index (κ3) is 2.28. The molecule has 0 atom stereocenters. The number of amides is 1. The molecule has 0 saturated heterocycles. The van der Waals surface area contributed by atoms with Crippen molar-refractivity contribution >= 4 is 22.4 Å². The fourth-order valence-corrected chi connectivity index (χ4v) is 3.42. The molecule has 0 aromatic carbocycles. The Hall–Kier alpha value is -1.69. The first-order valence-electron chi connectivity index (χ1n) is 6.51. The van der Waals surface area contributed by atoms with Gasteiger partial charge in [0, 0.05) is 11.4 Å². The number of nitrogens with one attached hydrogen (secondary N) is 1. The molecule has 0 bridgehead atoms. The van der Waals surface area contributed by atoms with Crippen LogP contribution in [0.15, 0.2) is 6.07 Å². The lowest BCUT2D eigenvalue weighted by atomic mass is 10.3. The van der Waals surface area contributed by atoms with Gasteiger partial charge in [-0.25, -0.2) is 4.98 Å². The Morgan fingerprint density at radius 3 is 3.11 bits per heavy atom. The summed E-state index contributed by atoms with van der Waals surface area (Å²) in [6, 6.07) is 1.81. The number of anilines is 1. The standard InChI is InChI=1S/C13H16N4OS/c1-3-17-10(7-8(2)16-17)12(18)15-13-14-9-5-4-6-11(9)19-13/h7H,3-6H2,1-2H3,(H,14,15,18). The van der Waals surface area contributed by atoms with Crippen LogP contribution < -0.4 is 5.32 Å². The smallest absolute Gasteiger partial charge is 0.275 e. The Bertz CT molecular complexity index is 607. The summed E-state index contributed by atoms with van der Waals surface area (Å²) < 4.78 is 1.71. The summed E-state index contributed by atoms with van der Waals surface area (Å²) in [6.45, 7) is 4.55. The van der Waals surface area contributed by atoms with Crippen LogP contribution in [0.25, 0.3) is 0 Å². The van der Waals surface area contributed by atoms with Crippen molar-refractivity contribution in [2.24, 2.45) is 0 Å². The van der Waals surface area contributed by atoms with E-state index in [0.717, 1.165) is 24.2 Å². The lowest BCUT2D eigenvalue weighted by Crippen LogP contribution is -2.17. The summed E-state index contributed by atoms with van der Waals surface area (Å²) in [5, 5.41) is 7.87. The summed E-state index contributed by atoms with van der Waals surface area (Å²) in [4.78, 5) is 18.0. The number of rotatable bonds is 3. The number of carbonyl (C=O) groups excluding carboxylic acids is 1. The molecule has 0 saturated carbocycles. The molecule has 0 fully saturated rings. The molecule has 1 amide bonds. The molecule has 0 spiro atoms. The summed E-state index contributed by atoms with van der Waals surface area (Å²) >= 11 is 1.59. The Labute approximate surface area is 115 Å². The minimum absolute atomic E-state index is 0.130. The molecular formula is C13H16N4OS. The monoisotopic (exact) mass is 276 g/mol. The van der Waals surface area contributed by atoms with E-state index in [2.05, 4.69) is 15.4 Å². The van der Waals surface area contributed by atoms with Crippen molar-refractivity contribution in [1.29, 1.82) is 0 Å². The van der Waals surface area contributed by atoms with Gasteiger partial charge in [-0.1, -0.05) is 0 Å². The number of fused-ring (bicyclic) bond motifs is 1. The van der Waals surface area contributed by atoms with E-state index in [9.17, 15) is 4.79 Å². The van der Waals surface area contributed by atoms with Crippen LogP contribution in [0.4, 0.5) is 5.13 Å². The number of nitrogens with zero attached hydrogens (tertiary/aromatic N) is 3. The number of carbonyl (C=O) groups is 1. The molecule has 0 aliphatic heterocycles. The normalized spacial score (nSPS) is 13.6. The molecule has 1 N–H and O–H groups in total. The lowest BCUT2D eigenvalue weighted by Gasteiger charge is -2.03. The fourth-order valence-electron chi connectivity index (χ4n) is 2.37. The SMILES string of the molecule is CCn1nc(C)cc1C(=O)Nc1nc2c(s1)CCC2. The molecule has 1 aliphatic carbocycles. The van der Waals surface area contributed by atoms with Crippen molar-refractivity contribution in [3.8, 4) is 0 Å². The van der Waals surface area contributed by atoms with E-state index in [1.54, 1.807) is 22.1 Å². The molecule has 19 heavy (non-hydrogen) atoms. The molecule has 3 rings (SSSR count). The van der Waals surface area contributed by atoms with Crippen molar-refractivity contribution < 1.29 is 4.79 Å². The number of hydrogen-bond donors (Lipinski definition) is 1. The zero-order valence-electron chi connectivity index (χ0n) is 11.1. The molecule has 2 heterocycles. The van der Waals surface area contributed by atoms with Crippen LogP contribution in [-0.2, 0) is 19.4 Å². The van der Waals surface area contributed by atoms with Crippen molar-refractivity contribution in [3.63, 3.8) is 0 Å². The molecule has 1 aliphatic rings. The molecule has 5 nitrogen and oxygen atoms in total. The number of hydrogen-bond acceptors (Lipinski definition) is 4. The first-order valence-corrected chi connectivity index (χ1v) is 7.33. The number of thiazole rings is 1. The second-order valence-corrected chi connectivity index (χ2v) is 5.77. The van der Waals surface area contributed by atoms with Gasteiger partial charge in [0.2, 0.25) is 0 Å². The van der Waals surface area contributed by atoms with Gasteiger partial charge in [-0.05, 0) is 39.2 Å². The lowest BCUT2D eigenvalue weighted by molar-refractivity contribution is 0.101. The van der Waals surface area contributed by atoms with Crippen LogP contribution in [0.1, 0.15) is 40.1 Å². The van der Waals surface area contributed by atoms with Crippen molar-refractivity contribution in [1.82, 2.24) is 14.8 Å². The number of aryl methyl sites for hydroxylation is 4. The minimum Gasteiger partial charge on any atom is -0.296 e. The van der Waals surface area contributed by atoms with Crippen molar-refractivity contribution in [3.05, 3.63) is 28.0 Å². The van der Waals surface area contributed by atoms with Crippen LogP contribution in [0.5, 0.6) is 0 Å². The maximum absolute atomic E-state index is 12.2. The summed E-state index contributed by atoms with van der Waals surface area (Å²) in [7, 11) is 0. The highest BCUT2D eigenvalue weighted by atomic mass is 32.1. The van der Waals surface area contributed by atoms with Crippen LogP contribution in [-0.4, -0.2) is 20.7 Å². The van der Waals surface area contributed by atoms with Gasteiger partial charge in [-0.15, -0.1) is 11.3 Å². The first kappa shape index (κ1) is 12.3. The average Bonchev–Trinajstić information content (AvgIpc) is 3.02. The van der Waals surface area contributed by atoms with Crippen LogP contribution >= 0.6 is 11.3 Å². The summed E-state index contributed by atoms with van der Waals surface area (Å²) in [6.07, 6.45) is 3.31. The summed E-state index contributed by atoms with van der Waals surface area (Å²) in [5.41, 5.74) is 2.60. The molecule has 100 valence electrons. The Balaban J connectivity index is 1.80. The molecule has 2 aromatic rings. The van der Waals surface area contributed by atoms with Crippen molar-refractivity contribution in [2.75, 3.05) is 5.32 Å². The predicted octanol–water partition coefficient (Wildman–Crippen LogP) is 2.41. The Morgan fingerprint density at radius 1 is 1.53 bits per heavy atom. The van der Waals surface area contributed by atoms with E-state index in [-0.39, 0.29) is 5.91 Å². The van der Waals surface area contributed by atoms with Crippen molar-refractivity contribution in [2.45, 2.75) is 39.7 Å². The third-order valence-electron chi connectivity index (χ3n) is 3.25. The van der Waals surface area contributed by atoms with Crippen LogP contribution in [0.2, 0.25) is 0 Å². The highest BCUT2D eigenvalue weighted by molar-refractivity contribution is 7.15. The highest BCUT2D eigenvalue weighted by Crippen LogP contribution is 2.30. The fraction of sp³-hybridized carbons (Fsp3) is 0.462. The van der Waals surface area contributed by atoms with E-state index in [1.165, 1.54) is 11.3 Å². The highest BCUT2D eigenvalue weighted by Gasteiger charge is 2.19. The largest absolute Gasteiger partial charge is 0.296 e. The van der Waals surface area contributed by atoms with E-state index >= 15 is 0 Å². The van der Waals surface area contributed by atoms with Gasteiger partial charge in [0.25, 0.3) is 5.91 Å². The second kappa shape index (κ2) is 4.77. The quantitative estimate of drug-likeness (QED) is 0.936. The minimum atomic E-state index is -0.130. The summed E-state index contributed by atoms with van der Waals surface area (Å²) in [5.74, 6) is -0.130. The average molecular weight is 276 g/mol. The molecule has 6 heteroatoms. The Morgan fingerprint density at radius 2 is 2.37 bits per heavy atom. The maximum Gasteiger partial charge on any atom is 0.275 e. The maximum atomic E-state index is 12.2. The van der Waals surface area contributed by atoms with E-state index in [0.29, 0.717) is 17.4 Å². The van der Waals surface area contributed by atoms with Crippen LogP contribution in [0, 0.1) is 6.92 Å². The van der Waals surface area contributed by atoms with E-state index in [4.69, 9.17) is 0 Å². The van der Waals surface area contributed by atoms with Gasteiger partial charge >= 0.3 is 0 Å². The van der Waals surface area contributed by atoms with Gasteiger partial charge < -0.3 is 0 Å². The molecule has 2 aromatic heterocycles. The number of aromatic nitrogens is 3. The van der Waals surface area contributed by atoms with E-state index < -0.39 is 0 Å². The molecule has 0 unspecified atom stereocenters. The topological polar surface area (TPSA) is 59.8 Å². The third-order valence-corrected chi connectivity index (χ3v) is 4.32. The molecular weight excluding hydrogens is 260 g/mol. The van der Waals surface area contributed by atoms with Gasteiger partial charge in [0.15, 0.2) is 5.13 Å². The van der Waals surface area contributed by atoms with Crippen LogP contribution in [0.3, 0.4) is 0 Å². The predicted molar refractivity (Wildman–Crippen MR) is 74.7 cm³/mol. The van der Waals surface area contributed by atoms with Gasteiger partial charge in [-0.3, -0.25) is 14.8 Å². The first-order chi connectivity index (χ1) is 9.17. The van der Waals surface area contributed by atoms with Gasteiger partial charge in [0.05, 0.1) is 11.4 Å². The van der Waals surface area contributed by atoms with Gasteiger partial charge in [-0.2, -0.15) is 5.10 Å². The molecule has 0 radical (unpaired) electrons. The van der Waals surface area contributed by atoms with E-state index in [1.807, 2.05) is 13.8 Å². The zero-order chi connectivity index (χ0) is 13.4. The second-order valence-electron chi connectivity index (χ2n) is 4.68. The Kier molecular flexibility index (Phi) is 3.10.